The van der Waals surface area contributed by atoms with Gasteiger partial charge in [-0.05, 0) is 120 Å². The molecular weight excluding hydrogens is 414 g/mol. The summed E-state index contributed by atoms with van der Waals surface area (Å²) in [5.74, 6) is 1.60. The van der Waals surface area contributed by atoms with Crippen LogP contribution < -0.4 is 14.8 Å². The van der Waals surface area contributed by atoms with Crippen LogP contribution in [-0.4, -0.2) is 31.4 Å². The van der Waals surface area contributed by atoms with Gasteiger partial charge in [0.25, 0.3) is 0 Å². The van der Waals surface area contributed by atoms with Crippen LogP contribution in [0.25, 0.3) is 6.08 Å². The molecule has 3 rings (SSSR count). The molecular formula is C28H35NO4. The number of carbonyl (C=O) groups excluding carboxylic acids is 2. The van der Waals surface area contributed by atoms with E-state index in [1.54, 1.807) is 18.2 Å². The fourth-order valence-corrected chi connectivity index (χ4v) is 3.67. The molecule has 0 aliphatic carbocycles. The zero-order valence-corrected chi connectivity index (χ0v) is 20.4. The molecule has 0 amide bonds. The number of allylic oxidation sites excluding steroid dienone is 1. The molecule has 0 aromatic heterocycles. The minimum atomic E-state index is -0.566. The number of nitrogens with one attached hydrogen (secondary N) is 1. The third-order valence-electron chi connectivity index (χ3n) is 5.85. The number of aryl methyl sites for hydroxylation is 2. The number of carbonyl (C=O) groups is 2. The Morgan fingerprint density at radius 2 is 1.76 bits per heavy atom. The topological polar surface area (TPSA) is 64.6 Å². The number of ketones is 1. The van der Waals surface area contributed by atoms with Gasteiger partial charge < -0.3 is 14.8 Å². The molecule has 33 heavy (non-hydrogen) atoms. The van der Waals surface area contributed by atoms with Gasteiger partial charge in [-0.25, -0.2) is 0 Å². The lowest BCUT2D eigenvalue weighted by molar-refractivity contribution is -0.143. The Labute approximate surface area is 197 Å². The average Bonchev–Trinajstić information content (AvgIpc) is 2.77. The number of ether oxygens (including phenoxy) is 2. The van der Waals surface area contributed by atoms with Crippen LogP contribution in [0, 0.1) is 25.2 Å². The summed E-state index contributed by atoms with van der Waals surface area (Å²) in [6.45, 7) is 12.1. The van der Waals surface area contributed by atoms with E-state index in [1.807, 2.05) is 65.0 Å². The maximum atomic E-state index is 12.8. The molecule has 1 aliphatic heterocycles. The Hall–Kier alpha value is -2.92. The highest BCUT2D eigenvalue weighted by Crippen LogP contribution is 2.25. The molecule has 1 heterocycles. The van der Waals surface area contributed by atoms with E-state index in [1.165, 1.54) is 0 Å². The molecule has 1 fully saturated rings. The SMILES string of the molecule is Cc1cc(/C=C/C(=O)c2ccc(OCC3CCNCC3)cc2C)ccc1OC(=O)C(C)(C)C. The number of rotatable bonds is 7. The van der Waals surface area contributed by atoms with Gasteiger partial charge in [0, 0.05) is 5.56 Å². The van der Waals surface area contributed by atoms with Gasteiger partial charge in [-0.2, -0.15) is 0 Å². The van der Waals surface area contributed by atoms with Gasteiger partial charge in [0.05, 0.1) is 12.0 Å². The fourth-order valence-electron chi connectivity index (χ4n) is 3.67. The minimum Gasteiger partial charge on any atom is -0.493 e. The summed E-state index contributed by atoms with van der Waals surface area (Å²) in [5.41, 5.74) is 2.70. The molecule has 0 unspecified atom stereocenters. The quantitative estimate of drug-likeness (QED) is 0.261. The van der Waals surface area contributed by atoms with Gasteiger partial charge in [-0.1, -0.05) is 12.1 Å². The summed E-state index contributed by atoms with van der Waals surface area (Å²) in [7, 11) is 0. The van der Waals surface area contributed by atoms with E-state index in [-0.39, 0.29) is 11.8 Å². The fraction of sp³-hybridized carbons (Fsp3) is 0.429. The van der Waals surface area contributed by atoms with Gasteiger partial charge in [0.15, 0.2) is 5.78 Å². The smallest absolute Gasteiger partial charge is 0.316 e. The predicted molar refractivity (Wildman–Crippen MR) is 132 cm³/mol. The van der Waals surface area contributed by atoms with E-state index >= 15 is 0 Å². The first-order valence-electron chi connectivity index (χ1n) is 11.6. The Morgan fingerprint density at radius 1 is 1.03 bits per heavy atom. The number of piperidine rings is 1. The van der Waals surface area contributed by atoms with Crippen LogP contribution in [0.3, 0.4) is 0 Å². The van der Waals surface area contributed by atoms with Crippen LogP contribution in [0.2, 0.25) is 0 Å². The molecule has 1 aliphatic rings. The monoisotopic (exact) mass is 449 g/mol. The Kier molecular flexibility index (Phi) is 8.09. The highest BCUT2D eigenvalue weighted by atomic mass is 16.5. The summed E-state index contributed by atoms with van der Waals surface area (Å²) in [4.78, 5) is 24.9. The van der Waals surface area contributed by atoms with Gasteiger partial charge in [-0.15, -0.1) is 0 Å². The highest BCUT2D eigenvalue weighted by molar-refractivity contribution is 6.07. The van der Waals surface area contributed by atoms with Crippen LogP contribution in [-0.2, 0) is 4.79 Å². The maximum Gasteiger partial charge on any atom is 0.316 e. The second kappa shape index (κ2) is 10.8. The van der Waals surface area contributed by atoms with E-state index in [9.17, 15) is 9.59 Å². The average molecular weight is 450 g/mol. The number of hydrogen-bond acceptors (Lipinski definition) is 5. The van der Waals surface area contributed by atoms with Gasteiger partial charge in [0.2, 0.25) is 0 Å². The van der Waals surface area contributed by atoms with Gasteiger partial charge in [-0.3, -0.25) is 9.59 Å². The van der Waals surface area contributed by atoms with Crippen molar-refractivity contribution < 1.29 is 19.1 Å². The largest absolute Gasteiger partial charge is 0.493 e. The third kappa shape index (κ3) is 7.03. The van der Waals surface area contributed by atoms with Crippen molar-refractivity contribution in [2.75, 3.05) is 19.7 Å². The zero-order chi connectivity index (χ0) is 24.0. The van der Waals surface area contributed by atoms with Gasteiger partial charge >= 0.3 is 5.97 Å². The van der Waals surface area contributed by atoms with E-state index in [0.717, 1.165) is 48.4 Å². The number of esters is 1. The number of hydrogen-bond donors (Lipinski definition) is 1. The third-order valence-corrected chi connectivity index (χ3v) is 5.85. The molecule has 176 valence electrons. The minimum absolute atomic E-state index is 0.0571. The van der Waals surface area contributed by atoms with Crippen LogP contribution in [0.1, 0.15) is 60.7 Å². The lowest BCUT2D eigenvalue weighted by Crippen LogP contribution is -2.30. The molecule has 0 atom stereocenters. The molecule has 0 spiro atoms. The molecule has 2 aromatic rings. The first-order valence-corrected chi connectivity index (χ1v) is 11.6. The van der Waals surface area contributed by atoms with E-state index in [0.29, 0.717) is 23.8 Å². The lowest BCUT2D eigenvalue weighted by atomic mass is 9.97. The summed E-state index contributed by atoms with van der Waals surface area (Å²) in [6, 6.07) is 11.2. The molecule has 5 heteroatoms. The van der Waals surface area contributed by atoms with Crippen molar-refractivity contribution in [1.82, 2.24) is 5.32 Å². The van der Waals surface area contributed by atoms with Crippen LogP contribution in [0.5, 0.6) is 11.5 Å². The van der Waals surface area contributed by atoms with Crippen molar-refractivity contribution in [3.8, 4) is 11.5 Å². The summed E-state index contributed by atoms with van der Waals surface area (Å²) in [6.07, 6.45) is 5.64. The van der Waals surface area contributed by atoms with Crippen molar-refractivity contribution in [1.29, 1.82) is 0 Å². The maximum absolute atomic E-state index is 12.8. The normalized spacial score (nSPS) is 14.9. The predicted octanol–water partition coefficient (Wildman–Crippen LogP) is 5.53. The molecule has 0 radical (unpaired) electrons. The molecule has 5 nitrogen and oxygen atoms in total. The van der Waals surface area contributed by atoms with E-state index in [4.69, 9.17) is 9.47 Å². The lowest BCUT2D eigenvalue weighted by Gasteiger charge is -2.22. The molecule has 0 bridgehead atoms. The summed E-state index contributed by atoms with van der Waals surface area (Å²) in [5, 5.41) is 3.36. The molecule has 0 saturated carbocycles. The Morgan fingerprint density at radius 3 is 2.39 bits per heavy atom. The van der Waals surface area contributed by atoms with Gasteiger partial charge in [0.1, 0.15) is 11.5 Å². The standard InChI is InChI=1S/C28H35NO4/c1-19-17-23(32-18-22-12-14-29-15-13-22)8-9-24(19)25(30)10-6-21-7-11-26(20(2)16-21)33-27(31)28(3,4)5/h6-11,16-17,22,29H,12-15,18H2,1-5H3/b10-6+. The number of benzene rings is 2. The van der Waals surface area contributed by atoms with Crippen molar-refractivity contribution in [3.05, 3.63) is 64.7 Å². The van der Waals surface area contributed by atoms with E-state index < -0.39 is 5.41 Å². The van der Waals surface area contributed by atoms with Crippen molar-refractivity contribution in [2.24, 2.45) is 11.3 Å². The second-order valence-electron chi connectivity index (χ2n) is 9.84. The van der Waals surface area contributed by atoms with Crippen molar-refractivity contribution >= 4 is 17.8 Å². The van der Waals surface area contributed by atoms with Crippen molar-refractivity contribution in [3.63, 3.8) is 0 Å². The molecule has 1 saturated heterocycles. The Balaban J connectivity index is 1.61. The van der Waals surface area contributed by atoms with E-state index in [2.05, 4.69) is 5.32 Å². The Bertz CT molecular complexity index is 1030. The van der Waals surface area contributed by atoms with Crippen molar-refractivity contribution in [2.45, 2.75) is 47.5 Å². The highest BCUT2D eigenvalue weighted by Gasteiger charge is 2.24. The summed E-state index contributed by atoms with van der Waals surface area (Å²) >= 11 is 0. The molecule has 1 N–H and O–H groups in total. The second-order valence-corrected chi connectivity index (χ2v) is 9.84. The first-order chi connectivity index (χ1) is 15.6. The molecule has 2 aromatic carbocycles. The zero-order valence-electron chi connectivity index (χ0n) is 20.4. The summed E-state index contributed by atoms with van der Waals surface area (Å²) < 4.78 is 11.5. The van der Waals surface area contributed by atoms with Crippen LogP contribution >= 0.6 is 0 Å². The van der Waals surface area contributed by atoms with Crippen LogP contribution in [0.15, 0.2) is 42.5 Å². The first kappa shape index (κ1) is 24.7. The van der Waals surface area contributed by atoms with Crippen LogP contribution in [0.4, 0.5) is 0 Å².